The summed E-state index contributed by atoms with van der Waals surface area (Å²) in [6.07, 6.45) is -1.81. The van der Waals surface area contributed by atoms with Gasteiger partial charge in [0.2, 0.25) is 5.91 Å². The third-order valence-electron chi connectivity index (χ3n) is 3.80. The molecule has 0 atom stereocenters. The van der Waals surface area contributed by atoms with Crippen molar-refractivity contribution in [2.75, 3.05) is 26.7 Å². The number of hydrogen-bond acceptors (Lipinski definition) is 4. The number of halogens is 5. The maximum Gasteiger partial charge on any atom is 0.401 e. The average molecular weight is 438 g/mol. The summed E-state index contributed by atoms with van der Waals surface area (Å²) in [6.45, 7) is -0.423. The standard InChI is InChI=1S/C18H20Cl2F3N3O2/c1-26(11-18(21,22)23)8-2-7-24-16(27)5-6-17-25-10-15(28-17)13-4-3-12(19)9-14(13)20/h3-4,9-10H,2,5-8,11H2,1H3,(H,24,27). The SMILES string of the molecule is CN(CCCNC(=O)CCc1ncc(-c2ccc(Cl)cc2Cl)o1)CC(F)(F)F. The summed E-state index contributed by atoms with van der Waals surface area (Å²) >= 11 is 12.0. The minimum atomic E-state index is -4.22. The summed E-state index contributed by atoms with van der Waals surface area (Å²) in [4.78, 5) is 17.1. The second-order valence-corrected chi connectivity index (χ2v) is 7.14. The molecule has 1 aromatic heterocycles. The van der Waals surface area contributed by atoms with Crippen molar-refractivity contribution in [2.24, 2.45) is 0 Å². The highest BCUT2D eigenvalue weighted by Crippen LogP contribution is 2.30. The van der Waals surface area contributed by atoms with E-state index >= 15 is 0 Å². The van der Waals surface area contributed by atoms with Crippen LogP contribution in [-0.4, -0.2) is 48.6 Å². The van der Waals surface area contributed by atoms with Crippen LogP contribution in [0.5, 0.6) is 0 Å². The smallest absolute Gasteiger partial charge is 0.401 e. The second-order valence-electron chi connectivity index (χ2n) is 6.30. The van der Waals surface area contributed by atoms with Crippen LogP contribution >= 0.6 is 23.2 Å². The van der Waals surface area contributed by atoms with E-state index in [9.17, 15) is 18.0 Å². The summed E-state index contributed by atoms with van der Waals surface area (Å²) < 4.78 is 42.3. The molecule has 154 valence electrons. The summed E-state index contributed by atoms with van der Waals surface area (Å²) in [5.74, 6) is 0.647. The molecule has 0 fully saturated rings. The van der Waals surface area contributed by atoms with Gasteiger partial charge < -0.3 is 9.73 Å². The van der Waals surface area contributed by atoms with Crippen molar-refractivity contribution in [1.29, 1.82) is 0 Å². The van der Waals surface area contributed by atoms with Gasteiger partial charge in [-0.2, -0.15) is 13.2 Å². The van der Waals surface area contributed by atoms with Crippen molar-refractivity contribution >= 4 is 29.1 Å². The largest absolute Gasteiger partial charge is 0.441 e. The van der Waals surface area contributed by atoms with Crippen LogP contribution in [0.15, 0.2) is 28.8 Å². The molecule has 0 bridgehead atoms. The lowest BCUT2D eigenvalue weighted by Crippen LogP contribution is -2.33. The van der Waals surface area contributed by atoms with Gasteiger partial charge in [-0.05, 0) is 38.2 Å². The zero-order valence-electron chi connectivity index (χ0n) is 15.2. The third kappa shape index (κ3) is 7.69. The van der Waals surface area contributed by atoms with Crippen LogP contribution in [0, 0.1) is 0 Å². The van der Waals surface area contributed by atoms with Crippen molar-refractivity contribution in [3.05, 3.63) is 40.3 Å². The van der Waals surface area contributed by atoms with Gasteiger partial charge >= 0.3 is 6.18 Å². The van der Waals surface area contributed by atoms with Crippen molar-refractivity contribution in [2.45, 2.75) is 25.4 Å². The highest BCUT2D eigenvalue weighted by Gasteiger charge is 2.28. The summed E-state index contributed by atoms with van der Waals surface area (Å²) in [5.41, 5.74) is 0.650. The molecule has 1 aromatic carbocycles. The predicted octanol–water partition coefficient (Wildman–Crippen LogP) is 4.58. The Balaban J connectivity index is 1.71. The van der Waals surface area contributed by atoms with Crippen LogP contribution in [-0.2, 0) is 11.2 Å². The molecule has 1 amide bonds. The third-order valence-corrected chi connectivity index (χ3v) is 4.35. The van der Waals surface area contributed by atoms with E-state index in [0.717, 1.165) is 0 Å². The van der Waals surface area contributed by atoms with Crippen LogP contribution in [0.1, 0.15) is 18.7 Å². The number of aromatic nitrogens is 1. The first-order chi connectivity index (χ1) is 13.1. The van der Waals surface area contributed by atoms with E-state index < -0.39 is 12.7 Å². The van der Waals surface area contributed by atoms with Crippen LogP contribution in [0.2, 0.25) is 10.0 Å². The molecule has 0 spiro atoms. The molecule has 10 heteroatoms. The second kappa shape index (κ2) is 10.1. The monoisotopic (exact) mass is 437 g/mol. The predicted molar refractivity (Wildman–Crippen MR) is 101 cm³/mol. The van der Waals surface area contributed by atoms with Gasteiger partial charge in [0, 0.05) is 30.0 Å². The van der Waals surface area contributed by atoms with Gasteiger partial charge in [-0.1, -0.05) is 23.2 Å². The van der Waals surface area contributed by atoms with E-state index in [1.165, 1.54) is 18.1 Å². The Morgan fingerprint density at radius 1 is 1.32 bits per heavy atom. The summed E-state index contributed by atoms with van der Waals surface area (Å²) in [6, 6.07) is 5.00. The number of nitrogens with one attached hydrogen (secondary N) is 1. The Kier molecular flexibility index (Phi) is 8.15. The number of carbonyl (C=O) groups excluding carboxylic acids is 1. The van der Waals surface area contributed by atoms with E-state index in [4.69, 9.17) is 27.6 Å². The first-order valence-electron chi connectivity index (χ1n) is 8.56. The number of amides is 1. The van der Waals surface area contributed by atoms with E-state index in [0.29, 0.717) is 46.6 Å². The molecular formula is C18H20Cl2F3N3O2. The van der Waals surface area contributed by atoms with Gasteiger partial charge in [0.15, 0.2) is 11.7 Å². The van der Waals surface area contributed by atoms with Crippen molar-refractivity contribution in [3.8, 4) is 11.3 Å². The molecule has 5 nitrogen and oxygen atoms in total. The molecular weight excluding hydrogens is 418 g/mol. The highest BCUT2D eigenvalue weighted by atomic mass is 35.5. The number of carbonyl (C=O) groups is 1. The quantitative estimate of drug-likeness (QED) is 0.583. The molecule has 0 saturated carbocycles. The Morgan fingerprint density at radius 3 is 2.75 bits per heavy atom. The van der Waals surface area contributed by atoms with E-state index in [2.05, 4.69) is 10.3 Å². The van der Waals surface area contributed by atoms with Gasteiger partial charge in [-0.3, -0.25) is 9.69 Å². The Bertz CT molecular complexity index is 797. The molecule has 2 rings (SSSR count). The fraction of sp³-hybridized carbons (Fsp3) is 0.444. The summed E-state index contributed by atoms with van der Waals surface area (Å²) in [7, 11) is 1.39. The topological polar surface area (TPSA) is 58.4 Å². The normalized spacial score (nSPS) is 11.8. The van der Waals surface area contributed by atoms with Gasteiger partial charge in [0.1, 0.15) is 0 Å². The Hall–Kier alpha value is -1.77. The van der Waals surface area contributed by atoms with Crippen LogP contribution in [0.3, 0.4) is 0 Å². The first kappa shape index (κ1) is 22.5. The van der Waals surface area contributed by atoms with Gasteiger partial charge in [-0.25, -0.2) is 4.98 Å². The summed E-state index contributed by atoms with van der Waals surface area (Å²) in [5, 5.41) is 3.62. The molecule has 0 aliphatic heterocycles. The van der Waals surface area contributed by atoms with Gasteiger partial charge in [-0.15, -0.1) is 0 Å². The number of nitrogens with zero attached hydrogens (tertiary/aromatic N) is 2. The number of hydrogen-bond donors (Lipinski definition) is 1. The number of aryl methyl sites for hydroxylation is 1. The number of alkyl halides is 3. The zero-order chi connectivity index (χ0) is 20.7. The average Bonchev–Trinajstić information content (AvgIpc) is 3.04. The van der Waals surface area contributed by atoms with Crippen molar-refractivity contribution in [3.63, 3.8) is 0 Å². The number of benzene rings is 1. The number of oxazole rings is 1. The fourth-order valence-electron chi connectivity index (χ4n) is 2.51. The van der Waals surface area contributed by atoms with Gasteiger partial charge in [0.05, 0.1) is 17.8 Å². The lowest BCUT2D eigenvalue weighted by Gasteiger charge is -2.18. The molecule has 1 N–H and O–H groups in total. The minimum absolute atomic E-state index is 0.159. The molecule has 1 heterocycles. The van der Waals surface area contributed by atoms with Crippen LogP contribution < -0.4 is 5.32 Å². The zero-order valence-corrected chi connectivity index (χ0v) is 16.7. The van der Waals surface area contributed by atoms with E-state index in [1.807, 2.05) is 0 Å². The van der Waals surface area contributed by atoms with Crippen LogP contribution in [0.25, 0.3) is 11.3 Å². The first-order valence-corrected chi connectivity index (χ1v) is 9.32. The van der Waals surface area contributed by atoms with Crippen LogP contribution in [0.4, 0.5) is 13.2 Å². The Morgan fingerprint density at radius 2 is 2.07 bits per heavy atom. The minimum Gasteiger partial charge on any atom is -0.441 e. The molecule has 2 aromatic rings. The molecule has 28 heavy (non-hydrogen) atoms. The fourth-order valence-corrected chi connectivity index (χ4v) is 3.01. The van der Waals surface area contributed by atoms with E-state index in [1.54, 1.807) is 18.2 Å². The Labute approximate surface area is 170 Å². The van der Waals surface area contributed by atoms with Crippen molar-refractivity contribution in [1.82, 2.24) is 15.2 Å². The lowest BCUT2D eigenvalue weighted by atomic mass is 10.2. The highest BCUT2D eigenvalue weighted by molar-refractivity contribution is 6.36. The number of rotatable bonds is 9. The molecule has 0 aliphatic carbocycles. The molecule has 0 unspecified atom stereocenters. The van der Waals surface area contributed by atoms with Gasteiger partial charge in [0.25, 0.3) is 0 Å². The molecule has 0 saturated heterocycles. The molecule has 0 aliphatic rings. The lowest BCUT2D eigenvalue weighted by molar-refractivity contribution is -0.143. The van der Waals surface area contributed by atoms with Crippen molar-refractivity contribution < 1.29 is 22.4 Å². The maximum absolute atomic E-state index is 12.2. The van der Waals surface area contributed by atoms with E-state index in [-0.39, 0.29) is 18.9 Å². The molecule has 0 radical (unpaired) electrons. The maximum atomic E-state index is 12.2.